The van der Waals surface area contributed by atoms with Crippen molar-refractivity contribution in [3.63, 3.8) is 0 Å². The molecule has 142 valence electrons. The maximum absolute atomic E-state index is 11.9. The van der Waals surface area contributed by atoms with E-state index in [0.717, 1.165) is 11.1 Å². The summed E-state index contributed by atoms with van der Waals surface area (Å²) in [6, 6.07) is 14.4. The molecule has 27 heavy (non-hydrogen) atoms. The zero-order valence-corrected chi connectivity index (χ0v) is 16.0. The van der Waals surface area contributed by atoms with Crippen molar-refractivity contribution < 1.29 is 19.4 Å². The number of carbonyl (C=O) groups excluding carboxylic acids is 1. The minimum atomic E-state index is -1.29. The molecule has 0 aromatic heterocycles. The Labute approximate surface area is 163 Å². The highest BCUT2D eigenvalue weighted by molar-refractivity contribution is 6.32. The summed E-state index contributed by atoms with van der Waals surface area (Å²) in [6.45, 7) is 3.47. The van der Waals surface area contributed by atoms with Crippen LogP contribution in [0.3, 0.4) is 0 Å². The third-order valence-corrected chi connectivity index (χ3v) is 4.19. The van der Waals surface area contributed by atoms with Crippen LogP contribution in [0.2, 0.25) is 5.02 Å². The molecular weight excluding hydrogens is 366 g/mol. The molecule has 0 saturated carbocycles. The maximum atomic E-state index is 11.9. The molecule has 6 heteroatoms. The quantitative estimate of drug-likeness (QED) is 0.672. The second-order valence-electron chi connectivity index (χ2n) is 6.46. The van der Waals surface area contributed by atoms with E-state index in [0.29, 0.717) is 23.7 Å². The normalized spacial score (nSPS) is 11.4. The predicted molar refractivity (Wildman–Crippen MR) is 106 cm³/mol. The van der Waals surface area contributed by atoms with Crippen molar-refractivity contribution in [2.45, 2.75) is 25.9 Å². The van der Waals surface area contributed by atoms with E-state index in [1.807, 2.05) is 30.3 Å². The van der Waals surface area contributed by atoms with E-state index in [1.165, 1.54) is 19.9 Å². The first kappa shape index (κ1) is 20.5. The number of nitrogens with one attached hydrogen (secondary N) is 1. The number of carbonyl (C=O) groups is 2. The number of carboxylic acids is 1. The van der Waals surface area contributed by atoms with Gasteiger partial charge >= 0.3 is 5.97 Å². The van der Waals surface area contributed by atoms with Crippen molar-refractivity contribution in [3.05, 3.63) is 70.8 Å². The van der Waals surface area contributed by atoms with Gasteiger partial charge in [0, 0.05) is 17.6 Å². The molecule has 0 fully saturated rings. The van der Waals surface area contributed by atoms with Crippen molar-refractivity contribution in [2.24, 2.45) is 0 Å². The lowest BCUT2D eigenvalue weighted by atomic mass is 10.1. The number of rotatable bonds is 8. The van der Waals surface area contributed by atoms with Crippen LogP contribution in [-0.2, 0) is 16.0 Å². The number of aliphatic carboxylic acids is 1. The van der Waals surface area contributed by atoms with Gasteiger partial charge in [-0.15, -0.1) is 0 Å². The van der Waals surface area contributed by atoms with Gasteiger partial charge in [0.2, 0.25) is 5.91 Å². The molecule has 0 aliphatic heterocycles. The number of hydrogen-bond donors (Lipinski definition) is 2. The van der Waals surface area contributed by atoms with E-state index in [9.17, 15) is 9.59 Å². The van der Waals surface area contributed by atoms with Crippen LogP contribution in [0.5, 0.6) is 5.75 Å². The van der Waals surface area contributed by atoms with E-state index in [4.69, 9.17) is 21.4 Å². The zero-order valence-electron chi connectivity index (χ0n) is 15.2. The Morgan fingerprint density at radius 1 is 1.15 bits per heavy atom. The number of carboxylic acid groups (broad SMARTS) is 1. The molecule has 0 spiro atoms. The van der Waals surface area contributed by atoms with E-state index < -0.39 is 11.6 Å². The standard InChI is InChI=1S/C21H22ClNO4/c1-21(2,20(25)26)27-17-10-7-15(8-11-17)13-14-23-19(24)12-9-16-5-3-4-6-18(16)22/h3-12H,13-14H2,1-2H3,(H,23,24)(H,25,26)/b12-9+. The molecule has 2 rings (SSSR count). The van der Waals surface area contributed by atoms with E-state index in [-0.39, 0.29) is 5.91 Å². The van der Waals surface area contributed by atoms with Gasteiger partial charge in [0.15, 0.2) is 5.60 Å². The number of hydrogen-bond acceptors (Lipinski definition) is 3. The van der Waals surface area contributed by atoms with Gasteiger partial charge in [-0.2, -0.15) is 0 Å². The topological polar surface area (TPSA) is 75.6 Å². The molecule has 0 atom stereocenters. The Morgan fingerprint density at radius 2 is 1.81 bits per heavy atom. The molecule has 0 heterocycles. The molecule has 0 aliphatic carbocycles. The van der Waals surface area contributed by atoms with Gasteiger partial charge in [0.05, 0.1) is 0 Å². The predicted octanol–water partition coefficient (Wildman–Crippen LogP) is 3.95. The highest BCUT2D eigenvalue weighted by atomic mass is 35.5. The molecule has 0 saturated heterocycles. The van der Waals surface area contributed by atoms with Crippen LogP contribution in [0.25, 0.3) is 6.08 Å². The fourth-order valence-corrected chi connectivity index (χ4v) is 2.43. The summed E-state index contributed by atoms with van der Waals surface area (Å²) in [5.41, 5.74) is 0.503. The lowest BCUT2D eigenvalue weighted by molar-refractivity contribution is -0.152. The van der Waals surface area contributed by atoms with Crippen molar-refractivity contribution in [2.75, 3.05) is 6.54 Å². The lowest BCUT2D eigenvalue weighted by Gasteiger charge is -2.21. The van der Waals surface area contributed by atoms with Crippen LogP contribution in [-0.4, -0.2) is 29.1 Å². The second-order valence-corrected chi connectivity index (χ2v) is 6.86. The third-order valence-electron chi connectivity index (χ3n) is 3.84. The first-order valence-electron chi connectivity index (χ1n) is 8.50. The van der Waals surface area contributed by atoms with Gasteiger partial charge in [-0.3, -0.25) is 4.79 Å². The summed E-state index contributed by atoms with van der Waals surface area (Å²) >= 11 is 6.04. The fraction of sp³-hybridized carbons (Fsp3) is 0.238. The molecule has 2 aromatic carbocycles. The van der Waals surface area contributed by atoms with E-state index >= 15 is 0 Å². The lowest BCUT2D eigenvalue weighted by Crippen LogP contribution is -2.37. The van der Waals surface area contributed by atoms with Crippen molar-refractivity contribution in [3.8, 4) is 5.75 Å². The van der Waals surface area contributed by atoms with Crippen LogP contribution in [0.4, 0.5) is 0 Å². The van der Waals surface area contributed by atoms with Gasteiger partial charge in [-0.1, -0.05) is 41.9 Å². The Morgan fingerprint density at radius 3 is 2.44 bits per heavy atom. The minimum absolute atomic E-state index is 0.196. The smallest absolute Gasteiger partial charge is 0.347 e. The number of benzene rings is 2. The highest BCUT2D eigenvalue weighted by Gasteiger charge is 2.29. The first-order valence-corrected chi connectivity index (χ1v) is 8.87. The summed E-state index contributed by atoms with van der Waals surface area (Å²) in [6.07, 6.45) is 3.77. The van der Waals surface area contributed by atoms with Gasteiger partial charge in [-0.05, 0) is 55.7 Å². The number of amides is 1. The summed E-state index contributed by atoms with van der Waals surface area (Å²) in [5.74, 6) is -0.741. The first-order chi connectivity index (χ1) is 12.8. The summed E-state index contributed by atoms with van der Waals surface area (Å²) in [4.78, 5) is 23.0. The average Bonchev–Trinajstić information content (AvgIpc) is 2.62. The van der Waals surface area contributed by atoms with Gasteiger partial charge < -0.3 is 15.2 Å². The number of ether oxygens (including phenoxy) is 1. The molecule has 1 amide bonds. The van der Waals surface area contributed by atoms with Gasteiger partial charge in [0.1, 0.15) is 5.75 Å². The van der Waals surface area contributed by atoms with Crippen molar-refractivity contribution >= 4 is 29.6 Å². The Kier molecular flexibility index (Phi) is 7.02. The molecule has 2 aromatic rings. The average molecular weight is 388 g/mol. The van der Waals surface area contributed by atoms with Crippen LogP contribution >= 0.6 is 11.6 Å². The second kappa shape index (κ2) is 9.24. The van der Waals surface area contributed by atoms with E-state index in [2.05, 4.69) is 5.32 Å². The van der Waals surface area contributed by atoms with Gasteiger partial charge in [0.25, 0.3) is 0 Å². The molecule has 0 bridgehead atoms. The minimum Gasteiger partial charge on any atom is -0.478 e. The molecule has 0 radical (unpaired) electrons. The van der Waals surface area contributed by atoms with Gasteiger partial charge in [-0.25, -0.2) is 4.79 Å². The monoisotopic (exact) mass is 387 g/mol. The Hall–Kier alpha value is -2.79. The molecular formula is C21H22ClNO4. The van der Waals surface area contributed by atoms with Crippen LogP contribution in [0.15, 0.2) is 54.6 Å². The van der Waals surface area contributed by atoms with E-state index in [1.54, 1.807) is 24.3 Å². The molecule has 5 nitrogen and oxygen atoms in total. The molecule has 2 N–H and O–H groups in total. The van der Waals surface area contributed by atoms with Crippen LogP contribution in [0, 0.1) is 0 Å². The Bertz CT molecular complexity index is 828. The fourth-order valence-electron chi connectivity index (χ4n) is 2.23. The van der Waals surface area contributed by atoms with Crippen LogP contribution < -0.4 is 10.1 Å². The van der Waals surface area contributed by atoms with Crippen molar-refractivity contribution in [1.29, 1.82) is 0 Å². The molecule has 0 aliphatic rings. The molecule has 0 unspecified atom stereocenters. The summed E-state index contributed by atoms with van der Waals surface area (Å²) in [7, 11) is 0. The Balaban J connectivity index is 1.81. The largest absolute Gasteiger partial charge is 0.478 e. The zero-order chi connectivity index (χ0) is 19.9. The third kappa shape index (κ3) is 6.46. The maximum Gasteiger partial charge on any atom is 0.347 e. The van der Waals surface area contributed by atoms with Crippen LogP contribution in [0.1, 0.15) is 25.0 Å². The van der Waals surface area contributed by atoms with Crippen molar-refractivity contribution in [1.82, 2.24) is 5.32 Å². The summed E-state index contributed by atoms with van der Waals surface area (Å²) in [5, 5.41) is 12.5. The SMILES string of the molecule is CC(C)(Oc1ccc(CCNC(=O)/C=C/c2ccccc2Cl)cc1)C(=O)O. The summed E-state index contributed by atoms with van der Waals surface area (Å²) < 4.78 is 5.46. The number of halogens is 1. The highest BCUT2D eigenvalue weighted by Crippen LogP contribution is 2.19.